The van der Waals surface area contributed by atoms with Gasteiger partial charge in [-0.25, -0.2) is 13.1 Å². The van der Waals surface area contributed by atoms with Gasteiger partial charge in [-0.3, -0.25) is 14.5 Å². The predicted octanol–water partition coefficient (Wildman–Crippen LogP) is 4.31. The monoisotopic (exact) mass is 503 g/mol. The van der Waals surface area contributed by atoms with Gasteiger partial charge in [-0.15, -0.1) is 10.2 Å². The molecule has 1 saturated carbocycles. The Bertz CT molecular complexity index is 1530. The lowest BCUT2D eigenvalue weighted by Gasteiger charge is -2.19. The molecule has 3 heterocycles. The third-order valence-corrected chi connectivity index (χ3v) is 8.43. The minimum Gasteiger partial charge on any atom is -0.323 e. The molecule has 0 radical (unpaired) electrons. The average molecular weight is 504 g/mol. The van der Waals surface area contributed by atoms with Gasteiger partial charge in [0.05, 0.1) is 22.8 Å². The molecular formula is C26H29N7O2S. The molecule has 6 rings (SSSR count). The minimum absolute atomic E-state index is 0.0965. The van der Waals surface area contributed by atoms with Crippen molar-refractivity contribution < 1.29 is 8.42 Å². The quantitative estimate of drug-likeness (QED) is 0.368. The van der Waals surface area contributed by atoms with E-state index in [-0.39, 0.29) is 12.0 Å². The maximum Gasteiger partial charge on any atom is 0.241 e. The van der Waals surface area contributed by atoms with Crippen molar-refractivity contribution in [3.05, 3.63) is 66.0 Å². The lowest BCUT2D eigenvalue weighted by atomic mass is 10.00. The molecule has 2 aliphatic carbocycles. The number of aryl methyl sites for hydroxylation is 1. The van der Waals surface area contributed by atoms with E-state index in [9.17, 15) is 8.42 Å². The Morgan fingerprint density at radius 3 is 2.75 bits per heavy atom. The van der Waals surface area contributed by atoms with Gasteiger partial charge in [-0.05, 0) is 67.0 Å². The number of pyridine rings is 2. The second-order valence-electron chi connectivity index (χ2n) is 10.1. The summed E-state index contributed by atoms with van der Waals surface area (Å²) in [6, 6.07) is 7.53. The molecule has 0 spiro atoms. The zero-order valence-electron chi connectivity index (χ0n) is 20.3. The number of benzene rings is 1. The fourth-order valence-corrected chi connectivity index (χ4v) is 6.43. The van der Waals surface area contributed by atoms with Crippen molar-refractivity contribution in [1.29, 1.82) is 0 Å². The number of hydrogen-bond donors (Lipinski definition) is 2. The van der Waals surface area contributed by atoms with Gasteiger partial charge in [-0.2, -0.15) is 0 Å². The number of nitrogens with one attached hydrogen (secondary N) is 2. The highest BCUT2D eigenvalue weighted by molar-refractivity contribution is 7.89. The van der Waals surface area contributed by atoms with Crippen LogP contribution < -0.4 is 10.0 Å². The molecular weight excluding hydrogens is 474 g/mol. The van der Waals surface area contributed by atoms with E-state index in [4.69, 9.17) is 4.98 Å². The summed E-state index contributed by atoms with van der Waals surface area (Å²) in [4.78, 5) is 9.22. The smallest absolute Gasteiger partial charge is 0.241 e. The second-order valence-corrected chi connectivity index (χ2v) is 11.8. The fourth-order valence-electron chi connectivity index (χ4n) is 4.98. The fraction of sp³-hybridized carbons (Fsp3) is 0.385. The number of nitrogens with zero attached hydrogens (tertiary/aromatic N) is 5. The zero-order chi connectivity index (χ0) is 24.9. The normalized spacial score (nSPS) is 17.6. The molecule has 0 aliphatic heterocycles. The molecule has 0 saturated heterocycles. The van der Waals surface area contributed by atoms with Gasteiger partial charge in [0, 0.05) is 41.3 Å². The van der Waals surface area contributed by atoms with Gasteiger partial charge >= 0.3 is 0 Å². The van der Waals surface area contributed by atoms with E-state index in [1.807, 2.05) is 48.9 Å². The molecule has 36 heavy (non-hydrogen) atoms. The zero-order valence-corrected chi connectivity index (χ0v) is 21.2. The molecule has 2 aliphatic rings. The topological polar surface area (TPSA) is 115 Å². The summed E-state index contributed by atoms with van der Waals surface area (Å²) >= 11 is 0. The number of sulfonamides is 1. The van der Waals surface area contributed by atoms with E-state index in [1.54, 1.807) is 18.7 Å². The average Bonchev–Trinajstić information content (AvgIpc) is 3.49. The van der Waals surface area contributed by atoms with Crippen LogP contribution in [-0.2, 0) is 16.4 Å². The van der Waals surface area contributed by atoms with Crippen molar-refractivity contribution in [3.8, 4) is 0 Å². The number of fused-ring (bicyclic) bond motifs is 3. The van der Waals surface area contributed by atoms with Crippen LogP contribution in [0.4, 0.5) is 11.6 Å². The van der Waals surface area contributed by atoms with E-state index in [0.29, 0.717) is 23.3 Å². The van der Waals surface area contributed by atoms with E-state index < -0.39 is 10.0 Å². The van der Waals surface area contributed by atoms with Crippen LogP contribution in [0, 0.1) is 5.92 Å². The number of hydrogen-bond acceptors (Lipinski definition) is 7. The molecule has 2 N–H and O–H groups in total. The van der Waals surface area contributed by atoms with Crippen LogP contribution in [0.1, 0.15) is 61.9 Å². The Labute approximate surface area is 210 Å². The highest BCUT2D eigenvalue weighted by Crippen LogP contribution is 2.44. The van der Waals surface area contributed by atoms with Crippen LogP contribution in [0.3, 0.4) is 0 Å². The lowest BCUT2D eigenvalue weighted by Crippen LogP contribution is -2.28. The SMILES string of the molecule is CC(C)CNS(=O)(=O)c1cc2c(c3cnc(C4CC4)cc13)CCC2n1cnnc1Nc1cccnc1. The molecule has 9 nitrogen and oxygen atoms in total. The summed E-state index contributed by atoms with van der Waals surface area (Å²) in [6.45, 7) is 4.38. The molecule has 4 aromatic rings. The van der Waals surface area contributed by atoms with Crippen molar-refractivity contribution >= 4 is 32.4 Å². The summed E-state index contributed by atoms with van der Waals surface area (Å²) in [5, 5.41) is 13.4. The highest BCUT2D eigenvalue weighted by Gasteiger charge is 2.33. The van der Waals surface area contributed by atoms with Crippen molar-refractivity contribution in [2.24, 2.45) is 5.92 Å². The molecule has 1 atom stereocenters. The molecule has 0 bridgehead atoms. The first kappa shape index (κ1) is 23.1. The number of rotatable bonds is 8. The van der Waals surface area contributed by atoms with Gasteiger partial charge in [0.25, 0.3) is 0 Å². The highest BCUT2D eigenvalue weighted by atomic mass is 32.2. The van der Waals surface area contributed by atoms with Gasteiger partial charge < -0.3 is 5.32 Å². The maximum absolute atomic E-state index is 13.6. The second kappa shape index (κ2) is 8.94. The Morgan fingerprint density at radius 2 is 2.00 bits per heavy atom. The van der Waals surface area contributed by atoms with Gasteiger partial charge in [0.15, 0.2) is 0 Å². The summed E-state index contributed by atoms with van der Waals surface area (Å²) in [5.74, 6) is 1.23. The molecule has 1 aromatic carbocycles. The molecule has 3 aromatic heterocycles. The standard InChI is InChI=1S/C26H29N7O2S/c1-16(2)12-30-36(34,35)25-11-20-19(22-14-28-23(10-21(22)25)17-5-6-17)7-8-24(20)33-15-29-32-26(33)31-18-4-3-9-27-13-18/h3-4,9-11,13-17,24,30H,5-8,12H2,1-2H3,(H,31,32). The van der Waals surface area contributed by atoms with E-state index in [0.717, 1.165) is 59.0 Å². The van der Waals surface area contributed by atoms with Crippen molar-refractivity contribution in [3.63, 3.8) is 0 Å². The van der Waals surface area contributed by atoms with Gasteiger partial charge in [-0.1, -0.05) is 13.8 Å². The maximum atomic E-state index is 13.6. The van der Waals surface area contributed by atoms with Crippen LogP contribution in [0.2, 0.25) is 0 Å². The summed E-state index contributed by atoms with van der Waals surface area (Å²) < 4.78 is 31.9. The minimum atomic E-state index is -3.72. The largest absolute Gasteiger partial charge is 0.323 e. The van der Waals surface area contributed by atoms with Crippen LogP contribution in [0.5, 0.6) is 0 Å². The molecule has 0 amide bonds. The van der Waals surface area contributed by atoms with Crippen LogP contribution in [0.15, 0.2) is 54.1 Å². The lowest BCUT2D eigenvalue weighted by molar-refractivity contribution is 0.560. The Morgan fingerprint density at radius 1 is 1.14 bits per heavy atom. The third kappa shape index (κ3) is 4.24. The molecule has 1 fully saturated rings. The van der Waals surface area contributed by atoms with Crippen LogP contribution >= 0.6 is 0 Å². The van der Waals surface area contributed by atoms with Crippen molar-refractivity contribution in [2.45, 2.75) is 56.4 Å². The van der Waals surface area contributed by atoms with Crippen molar-refractivity contribution in [1.82, 2.24) is 29.5 Å². The summed E-state index contributed by atoms with van der Waals surface area (Å²) in [6.07, 6.45) is 10.9. The van der Waals surface area contributed by atoms with E-state index >= 15 is 0 Å². The summed E-state index contributed by atoms with van der Waals surface area (Å²) in [5.41, 5.74) is 3.91. The Kier molecular flexibility index (Phi) is 5.72. The first-order chi connectivity index (χ1) is 17.4. The van der Waals surface area contributed by atoms with Crippen molar-refractivity contribution in [2.75, 3.05) is 11.9 Å². The van der Waals surface area contributed by atoms with Gasteiger partial charge in [0.2, 0.25) is 16.0 Å². The first-order valence-corrected chi connectivity index (χ1v) is 13.9. The van der Waals surface area contributed by atoms with Crippen LogP contribution in [0.25, 0.3) is 10.8 Å². The Balaban J connectivity index is 1.47. The number of anilines is 2. The molecule has 186 valence electrons. The first-order valence-electron chi connectivity index (χ1n) is 12.4. The van der Waals surface area contributed by atoms with Gasteiger partial charge in [0.1, 0.15) is 6.33 Å². The third-order valence-electron chi connectivity index (χ3n) is 6.97. The predicted molar refractivity (Wildman–Crippen MR) is 138 cm³/mol. The molecule has 1 unspecified atom stereocenters. The molecule has 10 heteroatoms. The summed E-state index contributed by atoms with van der Waals surface area (Å²) in [7, 11) is -3.72. The van der Waals surface area contributed by atoms with Crippen LogP contribution in [-0.4, -0.2) is 39.7 Å². The van der Waals surface area contributed by atoms with E-state index in [2.05, 4.69) is 25.2 Å². The van der Waals surface area contributed by atoms with E-state index in [1.165, 1.54) is 0 Å². The Hall–Kier alpha value is -3.37. The number of aromatic nitrogens is 5.